The van der Waals surface area contributed by atoms with Gasteiger partial charge in [-0.05, 0) is 47.7 Å². The Labute approximate surface area is 237 Å². The first-order chi connectivity index (χ1) is 19.4. The smallest absolute Gasteiger partial charge is 0.303 e. The van der Waals surface area contributed by atoms with Gasteiger partial charge in [0, 0.05) is 39.2 Å². The highest BCUT2D eigenvalue weighted by Gasteiger charge is 2.60. The van der Waals surface area contributed by atoms with Crippen LogP contribution in [0, 0.1) is 0 Å². The number of hydrogen-bond acceptors (Lipinski definition) is 11. The fourth-order valence-electron chi connectivity index (χ4n) is 5.52. The molecule has 1 saturated heterocycles. The predicted octanol–water partition coefficient (Wildman–Crippen LogP) is 2.68. The van der Waals surface area contributed by atoms with Crippen LogP contribution in [0.25, 0.3) is 0 Å². The lowest BCUT2D eigenvalue weighted by Crippen LogP contribution is -2.66. The molecule has 1 fully saturated rings. The maximum Gasteiger partial charge on any atom is 0.303 e. The highest BCUT2D eigenvalue weighted by Crippen LogP contribution is 2.45. The number of ether oxygens (including phenoxy) is 6. The van der Waals surface area contributed by atoms with Crippen molar-refractivity contribution < 1.29 is 52.7 Å². The van der Waals surface area contributed by atoms with Gasteiger partial charge in [-0.1, -0.05) is 24.3 Å². The highest BCUT2D eigenvalue weighted by atomic mass is 16.7. The molecule has 2 aliphatic rings. The van der Waals surface area contributed by atoms with E-state index in [1.165, 1.54) is 6.92 Å². The molecule has 4 rings (SSSR count). The van der Waals surface area contributed by atoms with Crippen molar-refractivity contribution in [2.75, 3.05) is 13.7 Å². The van der Waals surface area contributed by atoms with Gasteiger partial charge in [0.1, 0.15) is 18.5 Å². The van der Waals surface area contributed by atoms with Gasteiger partial charge in [0.25, 0.3) is 0 Å². The summed E-state index contributed by atoms with van der Waals surface area (Å²) in [7, 11) is 1.60. The second-order valence-electron chi connectivity index (χ2n) is 10.1. The molecule has 41 heavy (non-hydrogen) atoms. The summed E-state index contributed by atoms with van der Waals surface area (Å²) in [4.78, 5) is 48.1. The molecule has 6 atom stereocenters. The number of aliphatic hydroxyl groups is 1. The normalized spacial score (nSPS) is 26.8. The van der Waals surface area contributed by atoms with E-state index in [0.717, 1.165) is 56.1 Å². The molecule has 1 aliphatic heterocycles. The molecular formula is C30H34O11. The van der Waals surface area contributed by atoms with E-state index in [0.29, 0.717) is 0 Å². The summed E-state index contributed by atoms with van der Waals surface area (Å²) in [5.74, 6) is -4.63. The summed E-state index contributed by atoms with van der Waals surface area (Å²) in [5, 5.41) is 12.2. The van der Waals surface area contributed by atoms with E-state index in [1.807, 2.05) is 30.3 Å². The number of rotatable bonds is 8. The van der Waals surface area contributed by atoms with Crippen molar-refractivity contribution in [1.82, 2.24) is 0 Å². The third-order valence-corrected chi connectivity index (χ3v) is 7.21. The maximum absolute atomic E-state index is 12.2. The first-order valence-electron chi connectivity index (χ1n) is 13.3. The molecule has 0 aromatic heterocycles. The average molecular weight is 571 g/mol. The lowest BCUT2D eigenvalue weighted by atomic mass is 9.85. The summed E-state index contributed by atoms with van der Waals surface area (Å²) < 4.78 is 32.9. The van der Waals surface area contributed by atoms with Crippen LogP contribution in [0.3, 0.4) is 0 Å². The van der Waals surface area contributed by atoms with Crippen LogP contribution in [0.1, 0.15) is 62.3 Å². The van der Waals surface area contributed by atoms with Crippen LogP contribution in [0.5, 0.6) is 5.75 Å². The first kappa shape index (κ1) is 30.0. The summed E-state index contributed by atoms with van der Waals surface area (Å²) in [6.07, 6.45) is -4.15. The fraction of sp³-hybridized carbons (Fsp3) is 0.467. The lowest BCUT2D eigenvalue weighted by Gasteiger charge is -2.48. The van der Waals surface area contributed by atoms with Crippen LogP contribution in [-0.2, 0) is 55.1 Å². The number of hydrogen-bond donors (Lipinski definition) is 1. The van der Waals surface area contributed by atoms with Crippen molar-refractivity contribution in [1.29, 1.82) is 0 Å². The molecule has 1 unspecified atom stereocenters. The van der Waals surface area contributed by atoms with Gasteiger partial charge >= 0.3 is 23.9 Å². The summed E-state index contributed by atoms with van der Waals surface area (Å²) in [6.45, 7) is 4.12. The van der Waals surface area contributed by atoms with Crippen molar-refractivity contribution in [2.45, 2.75) is 76.7 Å². The Morgan fingerprint density at radius 1 is 0.878 bits per heavy atom. The van der Waals surface area contributed by atoms with E-state index in [4.69, 9.17) is 28.4 Å². The number of fused-ring (bicyclic) bond motifs is 1. The SMILES string of the molecule is COc1ccc(C2CCc3ccc([C@@]4(O)O[C@H](COC(C)=O)[C@@H](OC(C)=O)[C@H](OC(C)=O)[C@H]4OC(C)=O)cc32)cc1. The van der Waals surface area contributed by atoms with Crippen molar-refractivity contribution >= 4 is 23.9 Å². The Kier molecular flexibility index (Phi) is 8.98. The molecule has 11 heteroatoms. The molecule has 2 aromatic carbocycles. The fourth-order valence-corrected chi connectivity index (χ4v) is 5.52. The van der Waals surface area contributed by atoms with Crippen molar-refractivity contribution in [3.63, 3.8) is 0 Å². The van der Waals surface area contributed by atoms with E-state index >= 15 is 0 Å². The van der Waals surface area contributed by atoms with E-state index in [1.54, 1.807) is 19.2 Å². The first-order valence-corrected chi connectivity index (χ1v) is 13.3. The second-order valence-corrected chi connectivity index (χ2v) is 10.1. The Balaban J connectivity index is 1.81. The van der Waals surface area contributed by atoms with Crippen molar-refractivity contribution in [2.24, 2.45) is 0 Å². The number of carbonyl (C=O) groups is 4. The number of esters is 4. The Hall–Kier alpha value is -3.96. The quantitative estimate of drug-likeness (QED) is 0.369. The van der Waals surface area contributed by atoms with Crippen LogP contribution in [0.4, 0.5) is 0 Å². The average Bonchev–Trinajstić information content (AvgIpc) is 3.34. The third-order valence-electron chi connectivity index (χ3n) is 7.21. The minimum Gasteiger partial charge on any atom is -0.497 e. The zero-order valence-electron chi connectivity index (χ0n) is 23.6. The monoisotopic (exact) mass is 570 g/mol. The Morgan fingerprint density at radius 3 is 2.10 bits per heavy atom. The number of aryl methyl sites for hydroxylation is 1. The third kappa shape index (κ3) is 6.52. The topological polar surface area (TPSA) is 144 Å². The van der Waals surface area contributed by atoms with Crippen molar-refractivity contribution in [3.05, 3.63) is 64.7 Å². The maximum atomic E-state index is 12.2. The van der Waals surface area contributed by atoms with E-state index in [-0.39, 0.29) is 11.5 Å². The minimum atomic E-state index is -2.38. The van der Waals surface area contributed by atoms with Gasteiger partial charge in [-0.15, -0.1) is 0 Å². The van der Waals surface area contributed by atoms with Crippen molar-refractivity contribution in [3.8, 4) is 5.75 Å². The molecule has 1 N–H and O–H groups in total. The molecule has 220 valence electrons. The largest absolute Gasteiger partial charge is 0.497 e. The lowest BCUT2D eigenvalue weighted by molar-refractivity contribution is -0.360. The summed E-state index contributed by atoms with van der Waals surface area (Å²) >= 11 is 0. The molecule has 1 heterocycles. The van der Waals surface area contributed by atoms with E-state index in [9.17, 15) is 24.3 Å². The Morgan fingerprint density at radius 2 is 1.51 bits per heavy atom. The summed E-state index contributed by atoms with van der Waals surface area (Å²) in [6, 6.07) is 13.0. The zero-order chi connectivity index (χ0) is 29.9. The van der Waals surface area contributed by atoms with Gasteiger partial charge in [-0.25, -0.2) is 0 Å². The molecule has 0 spiro atoms. The van der Waals surface area contributed by atoms with E-state index < -0.39 is 60.7 Å². The zero-order valence-corrected chi connectivity index (χ0v) is 23.6. The summed E-state index contributed by atoms with van der Waals surface area (Å²) in [5.41, 5.74) is 3.28. The molecule has 0 radical (unpaired) electrons. The van der Waals surface area contributed by atoms with Crippen LogP contribution in [-0.4, -0.2) is 67.1 Å². The van der Waals surface area contributed by atoms with Gasteiger partial charge in [0.15, 0.2) is 12.2 Å². The molecule has 1 aliphatic carbocycles. The predicted molar refractivity (Wildman–Crippen MR) is 142 cm³/mol. The molecule has 0 amide bonds. The van der Waals surface area contributed by atoms with Gasteiger partial charge in [0.2, 0.25) is 11.9 Å². The molecule has 0 bridgehead atoms. The van der Waals surface area contributed by atoms with Crippen LogP contribution in [0.2, 0.25) is 0 Å². The molecule has 2 aromatic rings. The van der Waals surface area contributed by atoms with Crippen LogP contribution in [0.15, 0.2) is 42.5 Å². The highest BCUT2D eigenvalue weighted by molar-refractivity contribution is 5.69. The Bertz CT molecular complexity index is 1300. The van der Waals surface area contributed by atoms with Gasteiger partial charge in [0.05, 0.1) is 7.11 Å². The number of benzene rings is 2. The van der Waals surface area contributed by atoms with Gasteiger partial charge in [-0.2, -0.15) is 0 Å². The van der Waals surface area contributed by atoms with Gasteiger partial charge in [-0.3, -0.25) is 19.2 Å². The molecule has 0 saturated carbocycles. The number of carbonyl (C=O) groups excluding carboxylic acids is 4. The minimum absolute atomic E-state index is 0.00475. The number of methoxy groups -OCH3 is 1. The van der Waals surface area contributed by atoms with Gasteiger partial charge < -0.3 is 33.5 Å². The second kappa shape index (κ2) is 12.3. The van der Waals surface area contributed by atoms with Crippen LogP contribution < -0.4 is 4.74 Å². The van der Waals surface area contributed by atoms with Crippen LogP contribution >= 0.6 is 0 Å². The van der Waals surface area contributed by atoms with E-state index in [2.05, 4.69) is 0 Å². The molecule has 11 nitrogen and oxygen atoms in total. The molecular weight excluding hydrogens is 536 g/mol. The standard InChI is InChI=1S/C30H34O11/c1-16(31)37-15-26-27(38-17(2)32)28(39-18(3)33)29(40-19(4)34)30(35,41-26)22-10-6-21-9-13-24(25(21)14-22)20-7-11-23(36-5)12-8-20/h6-8,10-12,14,24,26-29,35H,9,13,15H2,1-5H3/t24?,26-,27-,28+,29-,30-/m1/s1.